The number of carboxylic acid groups (broad SMARTS) is 1. The highest BCUT2D eigenvalue weighted by molar-refractivity contribution is 5.70. The molecule has 4 heteroatoms. The van der Waals surface area contributed by atoms with E-state index in [1.54, 1.807) is 6.20 Å². The number of carboxylic acids is 1. The Morgan fingerprint density at radius 3 is 2.53 bits per heavy atom. The van der Waals surface area contributed by atoms with Crippen LogP contribution in [0.5, 0.6) is 0 Å². The summed E-state index contributed by atoms with van der Waals surface area (Å²) >= 11 is 0. The largest absolute Gasteiger partial charge is 0.481 e. The van der Waals surface area contributed by atoms with E-state index in [0.717, 1.165) is 16.8 Å². The van der Waals surface area contributed by atoms with Crippen molar-refractivity contribution in [3.63, 3.8) is 0 Å². The van der Waals surface area contributed by atoms with Crippen molar-refractivity contribution in [3.8, 4) is 11.3 Å². The molecule has 0 fully saturated rings. The van der Waals surface area contributed by atoms with E-state index >= 15 is 0 Å². The molecular formula is C11H10N2O2. The number of benzene rings is 1. The van der Waals surface area contributed by atoms with Crippen LogP contribution in [0.4, 0.5) is 0 Å². The molecule has 2 N–H and O–H groups in total. The van der Waals surface area contributed by atoms with Crippen LogP contribution in [0, 0.1) is 0 Å². The van der Waals surface area contributed by atoms with Crippen LogP contribution in [-0.4, -0.2) is 21.3 Å². The van der Waals surface area contributed by atoms with Gasteiger partial charge in [0, 0.05) is 6.20 Å². The first-order valence-electron chi connectivity index (χ1n) is 4.56. The van der Waals surface area contributed by atoms with Crippen molar-refractivity contribution >= 4 is 5.97 Å². The maximum Gasteiger partial charge on any atom is 0.307 e. The lowest BCUT2D eigenvalue weighted by molar-refractivity contribution is -0.136. The van der Waals surface area contributed by atoms with Gasteiger partial charge in [0.2, 0.25) is 0 Å². The molecule has 4 nitrogen and oxygen atoms in total. The van der Waals surface area contributed by atoms with Crippen LogP contribution in [0.1, 0.15) is 5.56 Å². The van der Waals surface area contributed by atoms with Gasteiger partial charge in [-0.1, -0.05) is 24.3 Å². The predicted molar refractivity (Wildman–Crippen MR) is 55.4 cm³/mol. The van der Waals surface area contributed by atoms with E-state index in [1.165, 1.54) is 0 Å². The molecule has 0 saturated carbocycles. The number of carbonyl (C=O) groups is 1. The lowest BCUT2D eigenvalue weighted by atomic mass is 10.1. The van der Waals surface area contributed by atoms with Gasteiger partial charge in [0.15, 0.2) is 0 Å². The first-order chi connectivity index (χ1) is 7.25. The van der Waals surface area contributed by atoms with Gasteiger partial charge in [0.25, 0.3) is 0 Å². The second kappa shape index (κ2) is 3.96. The third kappa shape index (κ3) is 2.22. The Bertz CT molecular complexity index is 446. The second-order valence-corrected chi connectivity index (χ2v) is 3.24. The fraction of sp³-hybridized carbons (Fsp3) is 0.0909. The maximum atomic E-state index is 10.5. The molecule has 1 aromatic heterocycles. The number of aromatic nitrogens is 2. The van der Waals surface area contributed by atoms with Crippen molar-refractivity contribution in [3.05, 3.63) is 42.1 Å². The highest BCUT2D eigenvalue weighted by Gasteiger charge is 2.01. The molecule has 0 amide bonds. The van der Waals surface area contributed by atoms with Gasteiger partial charge in [-0.3, -0.25) is 9.89 Å². The van der Waals surface area contributed by atoms with Crippen LogP contribution in [0.15, 0.2) is 36.5 Å². The topological polar surface area (TPSA) is 66.0 Å². The van der Waals surface area contributed by atoms with Crippen molar-refractivity contribution in [2.24, 2.45) is 0 Å². The van der Waals surface area contributed by atoms with Gasteiger partial charge >= 0.3 is 5.97 Å². The number of hydrogen-bond donors (Lipinski definition) is 2. The SMILES string of the molecule is O=C(O)Cc1ccc(-c2ccn[nH]2)cc1. The Morgan fingerprint density at radius 1 is 1.27 bits per heavy atom. The van der Waals surface area contributed by atoms with Crippen LogP contribution in [0.25, 0.3) is 11.3 Å². The lowest BCUT2D eigenvalue weighted by Gasteiger charge is -1.99. The summed E-state index contributed by atoms with van der Waals surface area (Å²) in [5.74, 6) is -0.815. The Morgan fingerprint density at radius 2 is 2.00 bits per heavy atom. The molecule has 15 heavy (non-hydrogen) atoms. The first-order valence-corrected chi connectivity index (χ1v) is 4.56. The second-order valence-electron chi connectivity index (χ2n) is 3.24. The molecule has 2 rings (SSSR count). The molecule has 0 aliphatic heterocycles. The summed E-state index contributed by atoms with van der Waals surface area (Å²) in [5.41, 5.74) is 2.73. The fourth-order valence-corrected chi connectivity index (χ4v) is 1.39. The van der Waals surface area contributed by atoms with Crippen molar-refractivity contribution in [1.82, 2.24) is 10.2 Å². The highest BCUT2D eigenvalue weighted by atomic mass is 16.4. The zero-order valence-corrected chi connectivity index (χ0v) is 7.97. The number of hydrogen-bond acceptors (Lipinski definition) is 2. The summed E-state index contributed by atoms with van der Waals surface area (Å²) in [5, 5.41) is 15.3. The molecule has 2 aromatic rings. The van der Waals surface area contributed by atoms with E-state index in [9.17, 15) is 4.79 Å². The molecule has 0 saturated heterocycles. The van der Waals surface area contributed by atoms with E-state index in [0.29, 0.717) is 0 Å². The summed E-state index contributed by atoms with van der Waals surface area (Å²) in [6.07, 6.45) is 1.74. The molecule has 0 aliphatic rings. The van der Waals surface area contributed by atoms with E-state index in [-0.39, 0.29) is 6.42 Å². The van der Waals surface area contributed by atoms with Gasteiger partial charge < -0.3 is 5.11 Å². The van der Waals surface area contributed by atoms with Crippen LogP contribution in [0.2, 0.25) is 0 Å². The van der Waals surface area contributed by atoms with E-state index in [2.05, 4.69) is 10.2 Å². The molecule has 76 valence electrons. The minimum Gasteiger partial charge on any atom is -0.481 e. The van der Waals surface area contributed by atoms with Crippen LogP contribution in [-0.2, 0) is 11.2 Å². The molecule has 0 bridgehead atoms. The van der Waals surface area contributed by atoms with Crippen LogP contribution < -0.4 is 0 Å². The van der Waals surface area contributed by atoms with Gasteiger partial charge in [-0.2, -0.15) is 5.10 Å². The smallest absolute Gasteiger partial charge is 0.307 e. The molecule has 1 aromatic carbocycles. The highest BCUT2D eigenvalue weighted by Crippen LogP contribution is 2.16. The van der Waals surface area contributed by atoms with E-state index in [4.69, 9.17) is 5.11 Å². The van der Waals surface area contributed by atoms with Crippen molar-refractivity contribution in [2.45, 2.75) is 6.42 Å². The van der Waals surface area contributed by atoms with Gasteiger partial charge in [-0.25, -0.2) is 0 Å². The molecule has 0 spiro atoms. The molecule has 0 atom stereocenters. The average molecular weight is 202 g/mol. The summed E-state index contributed by atoms with van der Waals surface area (Å²) in [6.45, 7) is 0. The van der Waals surface area contributed by atoms with Gasteiger partial charge in [0.1, 0.15) is 0 Å². The Kier molecular flexibility index (Phi) is 2.49. The summed E-state index contributed by atoms with van der Waals surface area (Å²) in [4.78, 5) is 10.5. The Labute approximate surface area is 86.6 Å². The number of aliphatic carboxylic acids is 1. The third-order valence-electron chi connectivity index (χ3n) is 2.12. The summed E-state index contributed by atoms with van der Waals surface area (Å²) in [6, 6.07) is 9.25. The minimum absolute atomic E-state index is 0.0588. The van der Waals surface area contributed by atoms with Gasteiger partial charge in [-0.05, 0) is 17.2 Å². The first kappa shape index (κ1) is 9.45. The van der Waals surface area contributed by atoms with Crippen molar-refractivity contribution in [1.29, 1.82) is 0 Å². The quantitative estimate of drug-likeness (QED) is 0.796. The van der Waals surface area contributed by atoms with Crippen LogP contribution in [0.3, 0.4) is 0 Å². The van der Waals surface area contributed by atoms with E-state index < -0.39 is 5.97 Å². The normalized spacial score (nSPS) is 10.1. The number of rotatable bonds is 3. The number of nitrogens with zero attached hydrogens (tertiary/aromatic N) is 1. The molecule has 0 radical (unpaired) electrons. The zero-order valence-electron chi connectivity index (χ0n) is 7.97. The number of nitrogens with one attached hydrogen (secondary N) is 1. The molecular weight excluding hydrogens is 192 g/mol. The van der Waals surface area contributed by atoms with E-state index in [1.807, 2.05) is 30.3 Å². The fourth-order valence-electron chi connectivity index (χ4n) is 1.39. The third-order valence-corrected chi connectivity index (χ3v) is 2.12. The summed E-state index contributed by atoms with van der Waals surface area (Å²) < 4.78 is 0. The average Bonchev–Trinajstić information content (AvgIpc) is 2.71. The molecule has 0 unspecified atom stereocenters. The molecule has 0 aliphatic carbocycles. The van der Waals surface area contributed by atoms with Crippen molar-refractivity contribution < 1.29 is 9.90 Å². The lowest BCUT2D eigenvalue weighted by Crippen LogP contribution is -1.99. The predicted octanol–water partition coefficient (Wildman–Crippen LogP) is 1.70. The zero-order chi connectivity index (χ0) is 10.7. The number of aromatic amines is 1. The Hall–Kier alpha value is -2.10. The van der Waals surface area contributed by atoms with Crippen LogP contribution >= 0.6 is 0 Å². The molecule has 1 heterocycles. The van der Waals surface area contributed by atoms with Gasteiger partial charge in [0.05, 0.1) is 12.1 Å². The number of H-pyrrole nitrogens is 1. The monoisotopic (exact) mass is 202 g/mol. The standard InChI is InChI=1S/C11H10N2O2/c14-11(15)7-8-1-3-9(4-2-8)10-5-6-12-13-10/h1-6H,7H2,(H,12,13)(H,14,15). The van der Waals surface area contributed by atoms with Gasteiger partial charge in [-0.15, -0.1) is 0 Å². The minimum atomic E-state index is -0.815. The maximum absolute atomic E-state index is 10.5. The Balaban J connectivity index is 2.21. The van der Waals surface area contributed by atoms with Crippen molar-refractivity contribution in [2.75, 3.05) is 0 Å². The summed E-state index contributed by atoms with van der Waals surface area (Å²) in [7, 11) is 0.